The van der Waals surface area contributed by atoms with Crippen molar-refractivity contribution in [2.45, 2.75) is 5.41 Å². The minimum atomic E-state index is -0.726. The lowest BCUT2D eigenvalue weighted by atomic mass is 9.69. The Morgan fingerprint density at radius 3 is 1.39 bits per heavy atom. The molecule has 1 unspecified atom stereocenters. The molecule has 3 nitrogen and oxygen atoms in total. The predicted octanol–water partition coefficient (Wildman–Crippen LogP) is 17.7. The molecule has 0 saturated carbocycles. The summed E-state index contributed by atoms with van der Waals surface area (Å²) >= 11 is 0. The van der Waals surface area contributed by atoms with Gasteiger partial charge in [0.1, 0.15) is 0 Å². The van der Waals surface area contributed by atoms with E-state index in [1.807, 2.05) is 0 Å². The molecule has 12 aromatic rings. The van der Waals surface area contributed by atoms with Crippen LogP contribution >= 0.6 is 0 Å². The van der Waals surface area contributed by atoms with E-state index in [1.165, 1.54) is 71.9 Å². The molecule has 1 atom stereocenters. The van der Waals surface area contributed by atoms with Crippen molar-refractivity contribution in [1.82, 2.24) is 4.57 Å². The van der Waals surface area contributed by atoms with E-state index in [1.54, 1.807) is 0 Å². The van der Waals surface area contributed by atoms with Gasteiger partial charge < -0.3 is 14.4 Å². The van der Waals surface area contributed by atoms with E-state index in [4.69, 9.17) is 0 Å². The number of nitrogens with zero attached hydrogens (tertiary/aromatic N) is 3. The van der Waals surface area contributed by atoms with Gasteiger partial charge in [-0.2, -0.15) is 0 Å². The Labute approximate surface area is 408 Å². The van der Waals surface area contributed by atoms with Crippen LogP contribution in [0.5, 0.6) is 0 Å². The standard InChI is InChI=1S/C67H45N3/c1-5-23-46(24-6-1)51-31-15-19-39-60(51)69(48-27-9-3-10-28-48)63-42-22-36-57-53-33-14-18-38-59(53)67(66(57)63)58-37-17-13-32-52(58)56-35-21-41-62(65(56)67)68(47-25-7-2-8-26-47)50-43-44-55-54-34-16-20-40-61(54)70(64(55)45-50)49-29-11-4-12-30-49/h1-45H. The summed E-state index contributed by atoms with van der Waals surface area (Å²) in [6, 6.07) is 100. The van der Waals surface area contributed by atoms with E-state index in [9.17, 15) is 0 Å². The fraction of sp³-hybridized carbons (Fsp3) is 0.0149. The highest BCUT2D eigenvalue weighted by molar-refractivity contribution is 6.11. The second-order valence-electron chi connectivity index (χ2n) is 18.4. The van der Waals surface area contributed by atoms with Crippen LogP contribution in [0.25, 0.3) is 60.9 Å². The normalized spacial score (nSPS) is 14.1. The van der Waals surface area contributed by atoms with Gasteiger partial charge in [0.2, 0.25) is 0 Å². The highest BCUT2D eigenvalue weighted by Crippen LogP contribution is 2.67. The van der Waals surface area contributed by atoms with E-state index < -0.39 is 5.41 Å². The zero-order chi connectivity index (χ0) is 46.2. The molecular formula is C67H45N3. The molecule has 70 heavy (non-hydrogen) atoms. The smallest absolute Gasteiger partial charge is 0.0766 e. The van der Waals surface area contributed by atoms with E-state index in [-0.39, 0.29) is 0 Å². The summed E-state index contributed by atoms with van der Waals surface area (Å²) < 4.78 is 2.42. The first-order chi connectivity index (χ1) is 34.8. The van der Waals surface area contributed by atoms with Gasteiger partial charge >= 0.3 is 0 Å². The largest absolute Gasteiger partial charge is 0.310 e. The van der Waals surface area contributed by atoms with Crippen LogP contribution in [-0.4, -0.2) is 4.57 Å². The van der Waals surface area contributed by atoms with Crippen molar-refractivity contribution in [2.75, 3.05) is 9.80 Å². The number of hydrogen-bond acceptors (Lipinski definition) is 2. The second kappa shape index (κ2) is 16.0. The molecule has 0 amide bonds. The third kappa shape index (κ3) is 5.82. The van der Waals surface area contributed by atoms with E-state index in [2.05, 4.69) is 287 Å². The average Bonchev–Trinajstić information content (AvgIpc) is 4.04. The fourth-order valence-electron chi connectivity index (χ4n) is 12.1. The van der Waals surface area contributed by atoms with Gasteiger partial charge in [-0.1, -0.05) is 200 Å². The summed E-state index contributed by atoms with van der Waals surface area (Å²) in [6.07, 6.45) is 0. The van der Waals surface area contributed by atoms with E-state index in [0.717, 1.165) is 45.3 Å². The molecule has 1 heterocycles. The molecule has 1 aromatic heterocycles. The first-order valence-corrected chi connectivity index (χ1v) is 24.2. The van der Waals surface area contributed by atoms with Gasteiger partial charge in [-0.15, -0.1) is 0 Å². The van der Waals surface area contributed by atoms with Gasteiger partial charge in [-0.05, 0) is 112 Å². The minimum absolute atomic E-state index is 0.726. The lowest BCUT2D eigenvalue weighted by molar-refractivity contribution is 0.792. The SMILES string of the molecule is c1ccc(-c2ccccc2N(c2ccccc2)c2cccc3c2C2(c4ccccc4-c4cccc(N(c5ccccc5)c5ccc6c7ccccc7n(-c7ccccc7)c6c5)c42)c2ccccc2-3)cc1. The van der Waals surface area contributed by atoms with Crippen LogP contribution < -0.4 is 9.80 Å². The van der Waals surface area contributed by atoms with Crippen molar-refractivity contribution in [2.24, 2.45) is 0 Å². The number of aromatic nitrogens is 1. The maximum Gasteiger partial charge on any atom is 0.0766 e. The van der Waals surface area contributed by atoms with Crippen LogP contribution in [0.4, 0.5) is 34.1 Å². The summed E-state index contributed by atoms with van der Waals surface area (Å²) in [7, 11) is 0. The Morgan fingerprint density at radius 1 is 0.286 bits per heavy atom. The summed E-state index contributed by atoms with van der Waals surface area (Å²) in [4.78, 5) is 5.03. The van der Waals surface area contributed by atoms with Crippen molar-refractivity contribution < 1.29 is 0 Å². The maximum atomic E-state index is 2.52. The zero-order valence-electron chi connectivity index (χ0n) is 38.3. The summed E-state index contributed by atoms with van der Waals surface area (Å²) in [6.45, 7) is 0. The van der Waals surface area contributed by atoms with E-state index >= 15 is 0 Å². The lowest BCUT2D eigenvalue weighted by Crippen LogP contribution is -2.30. The Bertz CT molecular complexity index is 3940. The third-order valence-electron chi connectivity index (χ3n) is 14.7. The molecule has 14 rings (SSSR count). The Kier molecular flexibility index (Phi) is 9.11. The summed E-state index contributed by atoms with van der Waals surface area (Å²) in [5.74, 6) is 0. The van der Waals surface area contributed by atoms with Crippen LogP contribution in [0.1, 0.15) is 22.3 Å². The Morgan fingerprint density at radius 2 is 0.743 bits per heavy atom. The van der Waals surface area contributed by atoms with Crippen molar-refractivity contribution in [3.63, 3.8) is 0 Å². The van der Waals surface area contributed by atoms with Gasteiger partial charge in [0.25, 0.3) is 0 Å². The lowest BCUT2D eigenvalue weighted by Gasteiger charge is -2.38. The number of fused-ring (bicyclic) bond motifs is 13. The van der Waals surface area contributed by atoms with Crippen LogP contribution in [0.2, 0.25) is 0 Å². The number of anilines is 6. The number of benzene rings is 11. The van der Waals surface area contributed by atoms with Crippen LogP contribution in [-0.2, 0) is 5.41 Å². The maximum absolute atomic E-state index is 2.52. The topological polar surface area (TPSA) is 11.4 Å². The Balaban J connectivity index is 1.09. The molecule has 0 radical (unpaired) electrons. The average molecular weight is 892 g/mol. The monoisotopic (exact) mass is 891 g/mol. The molecule has 1 spiro atoms. The van der Waals surface area contributed by atoms with Crippen LogP contribution in [0.15, 0.2) is 273 Å². The van der Waals surface area contributed by atoms with Gasteiger partial charge in [0, 0.05) is 50.2 Å². The van der Waals surface area contributed by atoms with Gasteiger partial charge in [0.05, 0.1) is 33.5 Å². The minimum Gasteiger partial charge on any atom is -0.310 e. The van der Waals surface area contributed by atoms with E-state index in [0.29, 0.717) is 0 Å². The first kappa shape index (κ1) is 39.9. The molecule has 3 heteroatoms. The molecule has 328 valence electrons. The molecule has 0 fully saturated rings. The van der Waals surface area contributed by atoms with Crippen molar-refractivity contribution in [3.05, 3.63) is 295 Å². The number of hydrogen-bond donors (Lipinski definition) is 0. The molecule has 11 aromatic carbocycles. The van der Waals surface area contributed by atoms with Gasteiger partial charge in [-0.3, -0.25) is 0 Å². The van der Waals surface area contributed by atoms with Gasteiger partial charge in [-0.25, -0.2) is 0 Å². The first-order valence-electron chi connectivity index (χ1n) is 24.2. The quantitative estimate of drug-likeness (QED) is 0.151. The van der Waals surface area contributed by atoms with Gasteiger partial charge in [0.15, 0.2) is 0 Å². The summed E-state index contributed by atoms with van der Waals surface area (Å²) in [5.41, 5.74) is 21.8. The predicted molar refractivity (Wildman–Crippen MR) is 292 cm³/mol. The zero-order valence-corrected chi connectivity index (χ0v) is 38.3. The molecule has 0 aliphatic heterocycles. The van der Waals surface area contributed by atoms with Crippen LogP contribution in [0.3, 0.4) is 0 Å². The molecule has 2 aliphatic carbocycles. The van der Waals surface area contributed by atoms with Crippen molar-refractivity contribution >= 4 is 55.9 Å². The van der Waals surface area contributed by atoms with Crippen molar-refractivity contribution in [1.29, 1.82) is 0 Å². The molecular weight excluding hydrogens is 847 g/mol. The fourth-order valence-corrected chi connectivity index (χ4v) is 12.1. The second-order valence-corrected chi connectivity index (χ2v) is 18.4. The molecule has 2 aliphatic rings. The highest BCUT2D eigenvalue weighted by Gasteiger charge is 2.55. The molecule has 0 bridgehead atoms. The molecule has 0 N–H and O–H groups in total. The summed E-state index contributed by atoms with van der Waals surface area (Å²) in [5, 5.41) is 2.45. The molecule has 0 saturated heterocycles. The third-order valence-corrected chi connectivity index (χ3v) is 14.7. The Hall–Kier alpha value is -9.18. The van der Waals surface area contributed by atoms with Crippen molar-refractivity contribution in [3.8, 4) is 39.1 Å². The number of para-hydroxylation sites is 5. The highest BCUT2D eigenvalue weighted by atomic mass is 15.2. The van der Waals surface area contributed by atoms with Crippen LogP contribution in [0, 0.1) is 0 Å². The number of rotatable bonds is 8.